The molecule has 0 bridgehead atoms. The number of carbonyl (C=O) groups is 1. The Morgan fingerprint density at radius 1 is 0.356 bits per heavy atom. The second-order valence-corrected chi connectivity index (χ2v) is 28.5. The number of hydrogen-bond donors (Lipinski definition) is 9. The Labute approximate surface area is 633 Å². The summed E-state index contributed by atoms with van der Waals surface area (Å²) in [5, 5.41) is 87.7. The number of aliphatic hydroxyl groups is 8. The number of carbonyl (C=O) groups excluding carboxylic acids is 1. The molecule has 0 radical (unpaired) electrons. The van der Waals surface area contributed by atoms with Crippen LogP contribution in [0.3, 0.4) is 0 Å². The third-order valence-electron chi connectivity index (χ3n) is 19.2. The van der Waals surface area contributed by atoms with Gasteiger partial charge in [0.2, 0.25) is 5.91 Å². The Balaban J connectivity index is 1.64. The van der Waals surface area contributed by atoms with Gasteiger partial charge in [-0.2, -0.15) is 0 Å². The van der Waals surface area contributed by atoms with Crippen LogP contribution in [0.5, 0.6) is 0 Å². The van der Waals surface area contributed by atoms with Gasteiger partial charge in [0, 0.05) is 6.42 Å². The maximum Gasteiger partial charge on any atom is 0.220 e. The fraction of sp³-hybridized carbons (Fsp3) is 0.700. The van der Waals surface area contributed by atoms with Crippen LogP contribution in [-0.4, -0.2) is 140 Å². The van der Waals surface area contributed by atoms with E-state index in [0.29, 0.717) is 12.8 Å². The molecule has 2 saturated heterocycles. The van der Waals surface area contributed by atoms with E-state index in [2.05, 4.69) is 165 Å². The van der Waals surface area contributed by atoms with Gasteiger partial charge in [0.15, 0.2) is 12.6 Å². The van der Waals surface area contributed by atoms with Crippen molar-refractivity contribution in [2.24, 2.45) is 0 Å². The number of amides is 1. The highest BCUT2D eigenvalue weighted by molar-refractivity contribution is 5.76. The number of aliphatic hydroxyl groups excluding tert-OH is 8. The Kier molecular flexibility index (Phi) is 65.8. The largest absolute Gasteiger partial charge is 0.394 e. The molecule has 2 aliphatic heterocycles. The fourth-order valence-electron chi connectivity index (χ4n) is 12.6. The predicted octanol–water partition coefficient (Wildman–Crippen LogP) is 19.7. The lowest BCUT2D eigenvalue weighted by Gasteiger charge is -2.46. The second-order valence-electron chi connectivity index (χ2n) is 28.5. The van der Waals surface area contributed by atoms with Crippen LogP contribution in [-0.2, 0) is 23.7 Å². The van der Waals surface area contributed by atoms with Gasteiger partial charge in [-0.1, -0.05) is 339 Å². The van der Waals surface area contributed by atoms with Crippen molar-refractivity contribution >= 4 is 5.91 Å². The summed E-state index contributed by atoms with van der Waals surface area (Å²) in [6.07, 6.45) is 93.2. The summed E-state index contributed by atoms with van der Waals surface area (Å²) in [5.74, 6) is -0.262. The monoisotopic (exact) mass is 1450 g/mol. The number of nitrogens with one attached hydrogen (secondary N) is 1. The summed E-state index contributed by atoms with van der Waals surface area (Å²) in [6.45, 7) is 2.68. The van der Waals surface area contributed by atoms with E-state index in [-0.39, 0.29) is 18.9 Å². The molecule has 2 heterocycles. The average Bonchev–Trinajstić information content (AvgIpc) is 0.789. The topological polar surface area (TPSA) is 228 Å². The van der Waals surface area contributed by atoms with Crippen molar-refractivity contribution in [2.45, 2.75) is 383 Å². The molecule has 2 rings (SSSR count). The highest BCUT2D eigenvalue weighted by Gasteiger charge is 2.51. The molecule has 14 heteroatoms. The summed E-state index contributed by atoms with van der Waals surface area (Å²) in [4.78, 5) is 13.4. The minimum atomic E-state index is -1.80. The molecule has 2 aliphatic rings. The molecule has 12 unspecified atom stereocenters. The summed E-state index contributed by atoms with van der Waals surface area (Å²) in [7, 11) is 0. The number of allylic oxidation sites excluding steroid dienone is 25. The van der Waals surface area contributed by atoms with E-state index in [1.165, 1.54) is 161 Å². The van der Waals surface area contributed by atoms with E-state index in [1.807, 2.05) is 6.08 Å². The van der Waals surface area contributed by atoms with Gasteiger partial charge >= 0.3 is 0 Å². The van der Waals surface area contributed by atoms with E-state index in [9.17, 15) is 45.6 Å². The zero-order valence-corrected chi connectivity index (χ0v) is 65.2. The van der Waals surface area contributed by atoms with E-state index in [1.54, 1.807) is 6.08 Å². The van der Waals surface area contributed by atoms with Crippen molar-refractivity contribution < 1.29 is 64.6 Å². The van der Waals surface area contributed by atoms with Crippen LogP contribution in [0.4, 0.5) is 0 Å². The van der Waals surface area contributed by atoms with Gasteiger partial charge in [0.25, 0.3) is 0 Å². The molecule has 1 amide bonds. The summed E-state index contributed by atoms with van der Waals surface area (Å²) < 4.78 is 22.9. The molecule has 0 saturated carbocycles. The Hall–Kier alpha value is -4.39. The lowest BCUT2D eigenvalue weighted by atomic mass is 9.97. The van der Waals surface area contributed by atoms with Crippen molar-refractivity contribution in [1.82, 2.24) is 5.32 Å². The first kappa shape index (κ1) is 95.7. The Bertz CT molecular complexity index is 2370. The zero-order valence-electron chi connectivity index (χ0n) is 65.2. The van der Waals surface area contributed by atoms with Crippen LogP contribution in [0.15, 0.2) is 158 Å². The van der Waals surface area contributed by atoms with E-state index in [4.69, 9.17) is 18.9 Å². The zero-order chi connectivity index (χ0) is 75.1. The van der Waals surface area contributed by atoms with Crippen molar-refractivity contribution in [1.29, 1.82) is 0 Å². The van der Waals surface area contributed by atoms with Gasteiger partial charge in [-0.05, 0) is 122 Å². The van der Waals surface area contributed by atoms with Gasteiger partial charge in [-0.15, -0.1) is 0 Å². The highest BCUT2D eigenvalue weighted by Crippen LogP contribution is 2.30. The van der Waals surface area contributed by atoms with Gasteiger partial charge in [0.05, 0.1) is 32.0 Å². The third-order valence-corrected chi connectivity index (χ3v) is 19.2. The first-order chi connectivity index (χ1) is 51.1. The van der Waals surface area contributed by atoms with Gasteiger partial charge in [-0.25, -0.2) is 0 Å². The number of unbranched alkanes of at least 4 members (excludes halogenated alkanes) is 31. The van der Waals surface area contributed by atoms with E-state index < -0.39 is 86.8 Å². The standard InChI is InChI=1S/C90H151NO13/c1-3-5-7-9-11-13-15-17-19-21-23-25-27-29-31-33-34-35-36-37-38-39-40-41-42-43-44-46-48-50-52-54-56-58-60-62-64-66-68-70-72-74-82(95)91-78(77-101-89-87(100)85(98)88(81(76-93)103-89)104-90-86(99)84(97)83(96)80(75-92)102-90)79(94)73-71-69-67-65-63-61-59-57-55-53-51-49-47-45-32-30-28-26-24-22-20-18-16-14-12-10-8-6-4-2/h5,7,11,13,17,19,23,25,29,31,34-35,37-38,40-41,43-44,48,50,55,57,63,65,71,73,78-81,83-90,92-94,96-100H,3-4,6,8-10,12,14-16,18,20-22,24,26-28,30,32-33,36,39,42,45-47,49,51-54,56,58-62,64,66-70,72,74-77H2,1-2H3,(H,91,95)/b7-5-,13-11-,19-17-,25-23-,31-29-,35-34-,38-37-,41-40-,44-43-,50-48-,57-55+,65-63+,73-71+. The quantitative estimate of drug-likeness (QED) is 0.0204. The molecule has 594 valence electrons. The van der Waals surface area contributed by atoms with Gasteiger partial charge in [0.1, 0.15) is 48.8 Å². The van der Waals surface area contributed by atoms with Crippen LogP contribution >= 0.6 is 0 Å². The molecule has 0 aromatic heterocycles. The Morgan fingerprint density at radius 2 is 0.673 bits per heavy atom. The molecule has 12 atom stereocenters. The second kappa shape index (κ2) is 71.5. The summed E-state index contributed by atoms with van der Waals surface area (Å²) in [6, 6.07) is -0.954. The first-order valence-corrected chi connectivity index (χ1v) is 41.7. The van der Waals surface area contributed by atoms with Crippen molar-refractivity contribution in [2.75, 3.05) is 19.8 Å². The van der Waals surface area contributed by atoms with Crippen molar-refractivity contribution in [3.63, 3.8) is 0 Å². The van der Waals surface area contributed by atoms with E-state index in [0.717, 1.165) is 116 Å². The Morgan fingerprint density at radius 3 is 1.06 bits per heavy atom. The number of hydrogen-bond acceptors (Lipinski definition) is 13. The third kappa shape index (κ3) is 53.4. The molecule has 9 N–H and O–H groups in total. The SMILES string of the molecule is CC/C=C\C/C=C\C/C=C\C/C=C\C/C=C\C/C=C\C/C=C\C/C=C\C/C=C\C/C=C\CCCCCCCCCCCCC(=O)NC(COC1OC(CO)C(OC2OC(CO)C(O)C(O)C2O)C(O)C1O)C(O)/C=C/CC/C=C/CC/C=C/CCCCCCCCCCCCCCCCCCCCC. The molecule has 0 spiro atoms. The van der Waals surface area contributed by atoms with Crippen LogP contribution in [0.1, 0.15) is 309 Å². The smallest absolute Gasteiger partial charge is 0.220 e. The minimum absolute atomic E-state index is 0.255. The molecule has 0 aromatic carbocycles. The van der Waals surface area contributed by atoms with Crippen molar-refractivity contribution in [3.05, 3.63) is 158 Å². The van der Waals surface area contributed by atoms with E-state index >= 15 is 0 Å². The normalized spacial score (nSPS) is 22.3. The molecule has 2 fully saturated rings. The molecule has 104 heavy (non-hydrogen) atoms. The molecular formula is C90H151NO13. The van der Waals surface area contributed by atoms with Crippen molar-refractivity contribution in [3.8, 4) is 0 Å². The van der Waals surface area contributed by atoms with Crippen LogP contribution in [0.25, 0.3) is 0 Å². The number of rotatable bonds is 68. The highest BCUT2D eigenvalue weighted by atomic mass is 16.7. The van der Waals surface area contributed by atoms with Gasteiger partial charge < -0.3 is 65.1 Å². The molecule has 0 aromatic rings. The lowest BCUT2D eigenvalue weighted by Crippen LogP contribution is -2.65. The average molecular weight is 1460 g/mol. The predicted molar refractivity (Wildman–Crippen MR) is 433 cm³/mol. The lowest BCUT2D eigenvalue weighted by molar-refractivity contribution is -0.359. The van der Waals surface area contributed by atoms with Crippen LogP contribution in [0.2, 0.25) is 0 Å². The van der Waals surface area contributed by atoms with Crippen LogP contribution in [0, 0.1) is 0 Å². The summed E-state index contributed by atoms with van der Waals surface area (Å²) in [5.41, 5.74) is 0. The first-order valence-electron chi connectivity index (χ1n) is 41.7. The molecular weight excluding hydrogens is 1300 g/mol. The molecule has 0 aliphatic carbocycles. The maximum atomic E-state index is 13.4. The fourth-order valence-corrected chi connectivity index (χ4v) is 12.6. The summed E-state index contributed by atoms with van der Waals surface area (Å²) >= 11 is 0. The van der Waals surface area contributed by atoms with Gasteiger partial charge in [-0.3, -0.25) is 4.79 Å². The molecule has 14 nitrogen and oxygen atoms in total. The van der Waals surface area contributed by atoms with Crippen LogP contribution < -0.4 is 5.32 Å². The maximum absolute atomic E-state index is 13.4. The number of ether oxygens (including phenoxy) is 4. The minimum Gasteiger partial charge on any atom is -0.394 e.